The van der Waals surface area contributed by atoms with E-state index in [1.165, 1.54) is 9.69 Å². The molecule has 2 N–H and O–H groups in total. The van der Waals surface area contributed by atoms with Crippen molar-refractivity contribution in [3.63, 3.8) is 0 Å². The SMILES string of the molecule is CC(C)(C)[C@H](O)c1nc2ccccc2c(=O)n1N1C[C@@H]1C(=O)O. The molecular weight excluding hydrogens is 298 g/mol. The van der Waals surface area contributed by atoms with Crippen LogP contribution in [0.4, 0.5) is 0 Å². The maximum atomic E-state index is 12.8. The molecule has 0 radical (unpaired) electrons. The molecule has 1 aromatic carbocycles. The number of para-hydroxylation sites is 1. The van der Waals surface area contributed by atoms with Gasteiger partial charge in [-0.15, -0.1) is 0 Å². The topological polar surface area (TPSA) is 95.4 Å². The molecule has 1 fully saturated rings. The van der Waals surface area contributed by atoms with Gasteiger partial charge < -0.3 is 10.2 Å². The Bertz CT molecular complexity index is 837. The highest BCUT2D eigenvalue weighted by Crippen LogP contribution is 2.32. The smallest absolute Gasteiger partial charge is 0.329 e. The fourth-order valence-corrected chi connectivity index (χ4v) is 2.51. The van der Waals surface area contributed by atoms with Crippen molar-refractivity contribution >= 4 is 16.9 Å². The van der Waals surface area contributed by atoms with Gasteiger partial charge in [-0.2, -0.15) is 0 Å². The summed E-state index contributed by atoms with van der Waals surface area (Å²) in [7, 11) is 0. The second-order valence-corrected chi connectivity index (χ2v) is 6.85. The highest BCUT2D eigenvalue weighted by atomic mass is 16.4. The fourth-order valence-electron chi connectivity index (χ4n) is 2.51. The maximum absolute atomic E-state index is 12.8. The molecule has 1 aliphatic heterocycles. The number of aliphatic hydroxyl groups excluding tert-OH is 1. The minimum Gasteiger partial charge on any atom is -0.480 e. The van der Waals surface area contributed by atoms with Crippen LogP contribution < -0.4 is 10.6 Å². The lowest BCUT2D eigenvalue weighted by Gasteiger charge is -2.28. The van der Waals surface area contributed by atoms with Crippen LogP contribution in [-0.2, 0) is 4.79 Å². The number of hydrogen-bond acceptors (Lipinski definition) is 5. The van der Waals surface area contributed by atoms with Crippen molar-refractivity contribution in [1.29, 1.82) is 0 Å². The van der Waals surface area contributed by atoms with Gasteiger partial charge in [-0.1, -0.05) is 32.9 Å². The van der Waals surface area contributed by atoms with Crippen LogP contribution in [-0.4, -0.2) is 38.4 Å². The summed E-state index contributed by atoms with van der Waals surface area (Å²) in [6, 6.07) is 6.09. The van der Waals surface area contributed by atoms with Crippen LogP contribution in [0.25, 0.3) is 10.9 Å². The van der Waals surface area contributed by atoms with Gasteiger partial charge in [0.15, 0.2) is 11.9 Å². The Morgan fingerprint density at radius 1 is 1.35 bits per heavy atom. The molecule has 7 heteroatoms. The molecule has 0 amide bonds. The van der Waals surface area contributed by atoms with Crippen LogP contribution in [0.5, 0.6) is 0 Å². The Hall–Kier alpha value is -2.41. The van der Waals surface area contributed by atoms with Gasteiger partial charge in [0.2, 0.25) is 0 Å². The molecule has 0 spiro atoms. The van der Waals surface area contributed by atoms with E-state index in [0.717, 1.165) is 0 Å². The average Bonchev–Trinajstić information content (AvgIpc) is 3.25. The van der Waals surface area contributed by atoms with Crippen LogP contribution in [0.15, 0.2) is 29.1 Å². The average molecular weight is 317 g/mol. The number of rotatable bonds is 3. The maximum Gasteiger partial charge on any atom is 0.329 e. The number of aliphatic carboxylic acids is 1. The monoisotopic (exact) mass is 317 g/mol. The van der Waals surface area contributed by atoms with Gasteiger partial charge in [0.05, 0.1) is 17.4 Å². The van der Waals surface area contributed by atoms with Crippen molar-refractivity contribution in [2.45, 2.75) is 32.9 Å². The molecule has 0 aliphatic carbocycles. The number of carboxylic acid groups (broad SMARTS) is 1. The summed E-state index contributed by atoms with van der Waals surface area (Å²) in [5, 5.41) is 21.6. The van der Waals surface area contributed by atoms with Crippen molar-refractivity contribution in [2.75, 3.05) is 11.6 Å². The van der Waals surface area contributed by atoms with E-state index in [-0.39, 0.29) is 17.9 Å². The van der Waals surface area contributed by atoms with E-state index >= 15 is 0 Å². The molecule has 2 heterocycles. The Labute approximate surface area is 132 Å². The normalized spacial score (nSPS) is 19.0. The molecular formula is C16H19N3O4. The van der Waals surface area contributed by atoms with E-state index in [0.29, 0.717) is 10.9 Å². The zero-order valence-corrected chi connectivity index (χ0v) is 13.2. The van der Waals surface area contributed by atoms with Crippen molar-refractivity contribution in [3.05, 3.63) is 40.4 Å². The lowest BCUT2D eigenvalue weighted by atomic mass is 9.88. The molecule has 1 saturated heterocycles. The van der Waals surface area contributed by atoms with Gasteiger partial charge >= 0.3 is 5.97 Å². The summed E-state index contributed by atoms with van der Waals surface area (Å²) in [4.78, 5) is 28.4. The minimum absolute atomic E-state index is 0.171. The van der Waals surface area contributed by atoms with E-state index < -0.39 is 23.5 Å². The van der Waals surface area contributed by atoms with Crippen LogP contribution in [0, 0.1) is 5.41 Å². The number of nitrogens with zero attached hydrogens (tertiary/aromatic N) is 3. The molecule has 2 atom stereocenters. The van der Waals surface area contributed by atoms with E-state index in [2.05, 4.69) is 4.98 Å². The summed E-state index contributed by atoms with van der Waals surface area (Å²) in [5.74, 6) is -0.828. The van der Waals surface area contributed by atoms with Gasteiger partial charge in [-0.3, -0.25) is 9.80 Å². The highest BCUT2D eigenvalue weighted by Gasteiger charge is 2.44. The first-order chi connectivity index (χ1) is 10.7. The zero-order chi connectivity index (χ0) is 16.9. The van der Waals surface area contributed by atoms with Crippen molar-refractivity contribution in [1.82, 2.24) is 9.66 Å². The summed E-state index contributed by atoms with van der Waals surface area (Å²) in [6.45, 7) is 5.72. The predicted octanol–water partition coefficient (Wildman–Crippen LogP) is 0.881. The quantitative estimate of drug-likeness (QED) is 0.816. The molecule has 1 aromatic heterocycles. The van der Waals surface area contributed by atoms with Crippen molar-refractivity contribution in [3.8, 4) is 0 Å². The molecule has 0 saturated carbocycles. The number of hydrogen-bond donors (Lipinski definition) is 2. The molecule has 23 heavy (non-hydrogen) atoms. The van der Waals surface area contributed by atoms with Gasteiger partial charge in [-0.25, -0.2) is 14.5 Å². The van der Waals surface area contributed by atoms with Crippen LogP contribution in [0.1, 0.15) is 32.7 Å². The number of carbonyl (C=O) groups is 1. The Kier molecular flexibility index (Phi) is 3.40. The summed E-state index contributed by atoms with van der Waals surface area (Å²) in [6.07, 6.45) is -1.00. The Morgan fingerprint density at radius 3 is 2.57 bits per heavy atom. The zero-order valence-electron chi connectivity index (χ0n) is 13.2. The Balaban J connectivity index is 2.25. The third-order valence-corrected chi connectivity index (χ3v) is 3.97. The molecule has 3 rings (SSSR count). The first-order valence-corrected chi connectivity index (χ1v) is 7.41. The Morgan fingerprint density at radius 2 is 2.00 bits per heavy atom. The van der Waals surface area contributed by atoms with Gasteiger partial charge in [0.1, 0.15) is 6.10 Å². The van der Waals surface area contributed by atoms with E-state index in [1.54, 1.807) is 24.3 Å². The van der Waals surface area contributed by atoms with Gasteiger partial charge in [-0.05, 0) is 17.5 Å². The summed E-state index contributed by atoms with van der Waals surface area (Å²) in [5.41, 5.74) is -0.420. The summed E-state index contributed by atoms with van der Waals surface area (Å²) >= 11 is 0. The van der Waals surface area contributed by atoms with Crippen molar-refractivity contribution < 1.29 is 15.0 Å². The van der Waals surface area contributed by atoms with E-state index in [9.17, 15) is 14.7 Å². The lowest BCUT2D eigenvalue weighted by molar-refractivity contribution is -0.136. The fraction of sp³-hybridized carbons (Fsp3) is 0.438. The number of carboxylic acids is 1. The molecule has 1 aliphatic rings. The molecule has 122 valence electrons. The standard InChI is InChI=1S/C16H19N3O4/c1-16(2,3)12(20)13-17-10-7-5-4-6-9(10)14(21)19(13)18-8-11(18)15(22)23/h4-7,11-12,20H,8H2,1-3H3,(H,22,23)/t11-,12-,18?/m1/s1. The van der Waals surface area contributed by atoms with E-state index in [1.807, 2.05) is 20.8 Å². The molecule has 7 nitrogen and oxygen atoms in total. The molecule has 0 bridgehead atoms. The lowest BCUT2D eigenvalue weighted by Crippen LogP contribution is -2.38. The van der Waals surface area contributed by atoms with Crippen LogP contribution in [0.2, 0.25) is 0 Å². The van der Waals surface area contributed by atoms with Gasteiger partial charge in [0.25, 0.3) is 5.56 Å². The second kappa shape index (κ2) is 5.06. The minimum atomic E-state index is -1.00. The van der Waals surface area contributed by atoms with Gasteiger partial charge in [0, 0.05) is 0 Å². The number of fused-ring (bicyclic) bond motifs is 1. The first kappa shape index (κ1) is 15.5. The summed E-state index contributed by atoms with van der Waals surface area (Å²) < 4.78 is 1.22. The number of aliphatic hydroxyl groups is 1. The number of aromatic nitrogens is 2. The molecule has 2 aromatic rings. The predicted molar refractivity (Wildman–Crippen MR) is 84.9 cm³/mol. The van der Waals surface area contributed by atoms with Crippen LogP contribution in [0.3, 0.4) is 0 Å². The number of benzene rings is 1. The largest absolute Gasteiger partial charge is 0.480 e. The third-order valence-electron chi connectivity index (χ3n) is 3.97. The second-order valence-electron chi connectivity index (χ2n) is 6.85. The highest BCUT2D eigenvalue weighted by molar-refractivity contribution is 5.81. The van der Waals surface area contributed by atoms with Crippen LogP contribution >= 0.6 is 0 Å². The van der Waals surface area contributed by atoms with Crippen molar-refractivity contribution in [2.24, 2.45) is 5.41 Å². The molecule has 0 unspecified atom stereocenters. The third kappa shape index (κ3) is 2.57. The first-order valence-electron chi connectivity index (χ1n) is 7.41. The van der Waals surface area contributed by atoms with E-state index in [4.69, 9.17) is 5.11 Å².